The summed E-state index contributed by atoms with van der Waals surface area (Å²) in [4.78, 5) is 0. The monoisotopic (exact) mass is 129 g/mol. The van der Waals surface area contributed by atoms with E-state index in [1.54, 1.807) is 0 Å². The minimum absolute atomic E-state index is 0.365. The van der Waals surface area contributed by atoms with Crippen LogP contribution in [-0.4, -0.2) is 26.4 Å². The Balaban J connectivity index is 3.23. The van der Waals surface area contributed by atoms with Gasteiger partial charge in [0.15, 0.2) is 6.10 Å². The Morgan fingerprint density at radius 1 is 1.67 bits per heavy atom. The normalized spacial score (nSPS) is 12.6. The van der Waals surface area contributed by atoms with Crippen LogP contribution in [0.5, 0.6) is 0 Å². The molecule has 0 saturated heterocycles. The van der Waals surface area contributed by atoms with E-state index in [4.69, 9.17) is 14.7 Å². The third-order valence-corrected chi connectivity index (χ3v) is 0.902. The standard InChI is InChI=1S/C6H11NO2/c1-3-9-5-6(4-7)8-2/h6H,3,5H2,1-2H3. The van der Waals surface area contributed by atoms with E-state index in [1.807, 2.05) is 13.0 Å². The lowest BCUT2D eigenvalue weighted by Crippen LogP contribution is -2.15. The molecule has 0 fully saturated rings. The minimum Gasteiger partial charge on any atom is -0.378 e. The van der Waals surface area contributed by atoms with Gasteiger partial charge in [-0.3, -0.25) is 0 Å². The van der Waals surface area contributed by atoms with E-state index in [2.05, 4.69) is 0 Å². The zero-order chi connectivity index (χ0) is 7.11. The topological polar surface area (TPSA) is 42.2 Å². The van der Waals surface area contributed by atoms with Gasteiger partial charge < -0.3 is 9.47 Å². The fourth-order valence-corrected chi connectivity index (χ4v) is 0.383. The molecule has 0 aliphatic rings. The molecular weight excluding hydrogens is 118 g/mol. The molecule has 52 valence electrons. The molecule has 0 amide bonds. The molecule has 3 nitrogen and oxygen atoms in total. The highest BCUT2D eigenvalue weighted by atomic mass is 16.5. The fraction of sp³-hybridized carbons (Fsp3) is 0.833. The Hall–Kier alpha value is -0.590. The van der Waals surface area contributed by atoms with Gasteiger partial charge in [-0.2, -0.15) is 5.26 Å². The van der Waals surface area contributed by atoms with Crippen LogP contribution in [0.15, 0.2) is 0 Å². The summed E-state index contributed by atoms with van der Waals surface area (Å²) in [5, 5.41) is 8.30. The zero-order valence-corrected chi connectivity index (χ0v) is 5.76. The number of hydrogen-bond donors (Lipinski definition) is 0. The highest BCUT2D eigenvalue weighted by molar-refractivity contribution is 4.82. The average Bonchev–Trinajstić information content (AvgIpc) is 1.91. The van der Waals surface area contributed by atoms with Crippen molar-refractivity contribution >= 4 is 0 Å². The van der Waals surface area contributed by atoms with E-state index in [0.717, 1.165) is 0 Å². The fourth-order valence-electron chi connectivity index (χ4n) is 0.383. The Morgan fingerprint density at radius 3 is 2.67 bits per heavy atom. The largest absolute Gasteiger partial charge is 0.378 e. The molecule has 0 aromatic carbocycles. The number of methoxy groups -OCH3 is 1. The van der Waals surface area contributed by atoms with Crippen LogP contribution in [0.4, 0.5) is 0 Å². The predicted molar refractivity (Wildman–Crippen MR) is 32.9 cm³/mol. The van der Waals surface area contributed by atoms with Crippen molar-refractivity contribution in [3.63, 3.8) is 0 Å². The molecule has 1 unspecified atom stereocenters. The summed E-state index contributed by atoms with van der Waals surface area (Å²) >= 11 is 0. The van der Waals surface area contributed by atoms with Crippen molar-refractivity contribution in [1.82, 2.24) is 0 Å². The molecule has 0 rings (SSSR count). The van der Waals surface area contributed by atoms with Gasteiger partial charge in [-0.15, -0.1) is 0 Å². The van der Waals surface area contributed by atoms with E-state index < -0.39 is 6.10 Å². The number of rotatable bonds is 4. The highest BCUT2D eigenvalue weighted by Crippen LogP contribution is 1.87. The first-order valence-electron chi connectivity index (χ1n) is 2.85. The van der Waals surface area contributed by atoms with E-state index in [9.17, 15) is 0 Å². The molecule has 0 N–H and O–H groups in total. The van der Waals surface area contributed by atoms with Gasteiger partial charge in [-0.1, -0.05) is 0 Å². The maximum Gasteiger partial charge on any atom is 0.166 e. The summed E-state index contributed by atoms with van der Waals surface area (Å²) in [6.07, 6.45) is -0.412. The van der Waals surface area contributed by atoms with Gasteiger partial charge in [0.05, 0.1) is 12.7 Å². The molecule has 0 aromatic heterocycles. The van der Waals surface area contributed by atoms with Crippen LogP contribution in [0.2, 0.25) is 0 Å². The molecule has 0 aliphatic carbocycles. The molecule has 0 aromatic rings. The molecule has 1 atom stereocenters. The van der Waals surface area contributed by atoms with E-state index >= 15 is 0 Å². The molecule has 0 radical (unpaired) electrons. The van der Waals surface area contributed by atoms with Crippen molar-refractivity contribution in [2.45, 2.75) is 13.0 Å². The first-order chi connectivity index (χ1) is 4.35. The van der Waals surface area contributed by atoms with Crippen molar-refractivity contribution in [2.24, 2.45) is 0 Å². The molecule has 3 heteroatoms. The quantitative estimate of drug-likeness (QED) is 0.557. The van der Waals surface area contributed by atoms with Crippen LogP contribution in [0.1, 0.15) is 6.92 Å². The molecule has 9 heavy (non-hydrogen) atoms. The molecule has 0 heterocycles. The van der Waals surface area contributed by atoms with Gasteiger partial charge in [0.2, 0.25) is 0 Å². The van der Waals surface area contributed by atoms with E-state index in [-0.39, 0.29) is 0 Å². The van der Waals surface area contributed by atoms with Crippen LogP contribution >= 0.6 is 0 Å². The Bertz CT molecular complexity index is 97.7. The summed E-state index contributed by atoms with van der Waals surface area (Å²) in [7, 11) is 1.49. The number of hydrogen-bond acceptors (Lipinski definition) is 3. The van der Waals surface area contributed by atoms with Crippen molar-refractivity contribution in [3.05, 3.63) is 0 Å². The van der Waals surface area contributed by atoms with Crippen LogP contribution in [0.3, 0.4) is 0 Å². The minimum atomic E-state index is -0.412. The average molecular weight is 129 g/mol. The van der Waals surface area contributed by atoms with Crippen LogP contribution in [-0.2, 0) is 9.47 Å². The Morgan fingerprint density at radius 2 is 2.33 bits per heavy atom. The predicted octanol–water partition coefficient (Wildman–Crippen LogP) is 0.561. The maximum absolute atomic E-state index is 8.30. The summed E-state index contributed by atoms with van der Waals surface area (Å²) in [6, 6.07) is 1.94. The van der Waals surface area contributed by atoms with Gasteiger partial charge in [0.1, 0.15) is 0 Å². The summed E-state index contributed by atoms with van der Waals surface area (Å²) < 4.78 is 9.65. The molecule has 0 saturated carbocycles. The van der Waals surface area contributed by atoms with Crippen molar-refractivity contribution in [1.29, 1.82) is 5.26 Å². The SMILES string of the molecule is CCOCC(C#N)OC. The summed E-state index contributed by atoms with van der Waals surface area (Å²) in [5.74, 6) is 0. The van der Waals surface area contributed by atoms with Crippen LogP contribution in [0, 0.1) is 11.3 Å². The molecule has 0 aliphatic heterocycles. The van der Waals surface area contributed by atoms with Crippen molar-refractivity contribution in [3.8, 4) is 6.07 Å². The lowest BCUT2D eigenvalue weighted by atomic mass is 10.4. The summed E-state index contributed by atoms with van der Waals surface area (Å²) in [6.45, 7) is 2.87. The molecule has 0 spiro atoms. The van der Waals surface area contributed by atoms with Gasteiger partial charge >= 0.3 is 0 Å². The first-order valence-corrected chi connectivity index (χ1v) is 2.85. The lowest BCUT2D eigenvalue weighted by Gasteiger charge is -2.04. The number of nitrogens with zero attached hydrogens (tertiary/aromatic N) is 1. The van der Waals surface area contributed by atoms with Crippen molar-refractivity contribution in [2.75, 3.05) is 20.3 Å². The van der Waals surface area contributed by atoms with Crippen LogP contribution in [0.25, 0.3) is 0 Å². The first kappa shape index (κ1) is 8.41. The number of ether oxygens (including phenoxy) is 2. The Labute approximate surface area is 55.2 Å². The second-order valence-electron chi connectivity index (χ2n) is 1.51. The second kappa shape index (κ2) is 5.54. The molecular formula is C6H11NO2. The lowest BCUT2D eigenvalue weighted by molar-refractivity contribution is 0.0422. The smallest absolute Gasteiger partial charge is 0.166 e. The second-order valence-corrected chi connectivity index (χ2v) is 1.51. The van der Waals surface area contributed by atoms with Gasteiger partial charge in [0, 0.05) is 13.7 Å². The van der Waals surface area contributed by atoms with Crippen molar-refractivity contribution < 1.29 is 9.47 Å². The highest BCUT2D eigenvalue weighted by Gasteiger charge is 2.02. The number of nitriles is 1. The Kier molecular flexibility index (Phi) is 5.18. The van der Waals surface area contributed by atoms with Gasteiger partial charge in [0.25, 0.3) is 0 Å². The van der Waals surface area contributed by atoms with Gasteiger partial charge in [-0.25, -0.2) is 0 Å². The van der Waals surface area contributed by atoms with Crippen LogP contribution < -0.4 is 0 Å². The van der Waals surface area contributed by atoms with E-state index in [1.165, 1.54) is 7.11 Å². The van der Waals surface area contributed by atoms with Gasteiger partial charge in [-0.05, 0) is 6.92 Å². The maximum atomic E-state index is 8.30. The van der Waals surface area contributed by atoms with E-state index in [0.29, 0.717) is 13.2 Å². The molecule has 0 bridgehead atoms. The third kappa shape index (κ3) is 3.95. The zero-order valence-electron chi connectivity index (χ0n) is 5.76. The third-order valence-electron chi connectivity index (χ3n) is 0.902. The summed E-state index contributed by atoms with van der Waals surface area (Å²) in [5.41, 5.74) is 0.